The number of carbonyl (C=O) groups excluding carboxylic acids is 1. The molecule has 22 heavy (non-hydrogen) atoms. The van der Waals surface area contributed by atoms with Crippen LogP contribution in [0.15, 0.2) is 54.6 Å². The molecular formula is C16H14N4O2. The molecule has 3 rings (SSSR count). The molecule has 0 unspecified atom stereocenters. The van der Waals surface area contributed by atoms with E-state index in [9.17, 15) is 4.79 Å². The Labute approximate surface area is 127 Å². The van der Waals surface area contributed by atoms with E-state index < -0.39 is 0 Å². The molecule has 0 saturated heterocycles. The summed E-state index contributed by atoms with van der Waals surface area (Å²) in [5, 5.41) is 9.45. The summed E-state index contributed by atoms with van der Waals surface area (Å²) in [4.78, 5) is 16.4. The van der Waals surface area contributed by atoms with E-state index in [0.29, 0.717) is 17.1 Å². The van der Waals surface area contributed by atoms with Crippen molar-refractivity contribution in [2.24, 2.45) is 0 Å². The number of benzene rings is 2. The van der Waals surface area contributed by atoms with E-state index in [1.807, 2.05) is 30.3 Å². The average Bonchev–Trinajstić information content (AvgIpc) is 3.04. The number of nitrogens with one attached hydrogen (secondary N) is 2. The lowest BCUT2D eigenvalue weighted by atomic mass is 10.2. The van der Waals surface area contributed by atoms with E-state index >= 15 is 0 Å². The molecule has 0 fully saturated rings. The van der Waals surface area contributed by atoms with Gasteiger partial charge in [0.2, 0.25) is 5.95 Å². The molecule has 2 N–H and O–H groups in total. The molecule has 6 nitrogen and oxygen atoms in total. The minimum absolute atomic E-state index is 0.228. The minimum Gasteiger partial charge on any atom is -0.497 e. The molecule has 1 aromatic heterocycles. The summed E-state index contributed by atoms with van der Waals surface area (Å²) in [6, 6.07) is 16.4. The van der Waals surface area contributed by atoms with Gasteiger partial charge in [0, 0.05) is 11.1 Å². The minimum atomic E-state index is -0.294. The van der Waals surface area contributed by atoms with Crippen molar-refractivity contribution in [3.63, 3.8) is 0 Å². The Hall–Kier alpha value is -3.15. The summed E-state index contributed by atoms with van der Waals surface area (Å²) in [7, 11) is 1.55. The van der Waals surface area contributed by atoms with Crippen molar-refractivity contribution in [1.29, 1.82) is 0 Å². The van der Waals surface area contributed by atoms with Crippen LogP contribution < -0.4 is 10.1 Å². The van der Waals surface area contributed by atoms with Gasteiger partial charge in [0.05, 0.1) is 7.11 Å². The summed E-state index contributed by atoms with van der Waals surface area (Å²) in [5.41, 5.74) is 1.38. The zero-order valence-electron chi connectivity index (χ0n) is 11.9. The number of hydrogen-bond donors (Lipinski definition) is 2. The fourth-order valence-corrected chi connectivity index (χ4v) is 1.98. The van der Waals surface area contributed by atoms with Gasteiger partial charge in [0.15, 0.2) is 5.82 Å². The van der Waals surface area contributed by atoms with Crippen LogP contribution in [0, 0.1) is 0 Å². The summed E-state index contributed by atoms with van der Waals surface area (Å²) >= 11 is 0. The standard InChI is InChI=1S/C16H14N4O2/c1-22-13-9-5-8-12(10-13)15(21)18-16-17-14(19-20-16)11-6-3-2-4-7-11/h2-10H,1H3,(H2,17,18,19,20,21). The van der Waals surface area contributed by atoms with E-state index in [4.69, 9.17) is 4.74 Å². The summed E-state index contributed by atoms with van der Waals surface area (Å²) in [5.74, 6) is 1.15. The Kier molecular flexibility index (Phi) is 3.82. The van der Waals surface area contributed by atoms with E-state index in [0.717, 1.165) is 5.56 Å². The highest BCUT2D eigenvalue weighted by atomic mass is 16.5. The zero-order chi connectivity index (χ0) is 15.4. The Morgan fingerprint density at radius 3 is 2.73 bits per heavy atom. The number of anilines is 1. The smallest absolute Gasteiger partial charge is 0.258 e. The Bertz CT molecular complexity index is 784. The van der Waals surface area contributed by atoms with Crippen molar-refractivity contribution in [3.8, 4) is 17.1 Å². The monoisotopic (exact) mass is 294 g/mol. The number of rotatable bonds is 4. The summed E-state index contributed by atoms with van der Waals surface area (Å²) < 4.78 is 5.10. The molecule has 6 heteroatoms. The molecule has 0 aliphatic rings. The first kappa shape index (κ1) is 13.8. The number of nitrogens with zero attached hydrogens (tertiary/aromatic N) is 2. The maximum absolute atomic E-state index is 12.2. The Balaban J connectivity index is 1.76. The topological polar surface area (TPSA) is 79.9 Å². The number of hydrogen-bond acceptors (Lipinski definition) is 4. The summed E-state index contributed by atoms with van der Waals surface area (Å²) in [6.07, 6.45) is 0. The van der Waals surface area contributed by atoms with Gasteiger partial charge >= 0.3 is 0 Å². The highest BCUT2D eigenvalue weighted by Crippen LogP contribution is 2.16. The highest BCUT2D eigenvalue weighted by Gasteiger charge is 2.11. The van der Waals surface area contributed by atoms with E-state index in [1.54, 1.807) is 31.4 Å². The molecule has 0 radical (unpaired) electrons. The van der Waals surface area contributed by atoms with Crippen molar-refractivity contribution >= 4 is 11.9 Å². The first-order chi connectivity index (χ1) is 10.8. The second-order valence-electron chi connectivity index (χ2n) is 4.56. The maximum atomic E-state index is 12.2. The predicted molar refractivity (Wildman–Crippen MR) is 82.8 cm³/mol. The van der Waals surface area contributed by atoms with Gasteiger partial charge in [0.25, 0.3) is 5.91 Å². The van der Waals surface area contributed by atoms with Crippen molar-refractivity contribution in [2.45, 2.75) is 0 Å². The number of aromatic nitrogens is 3. The van der Waals surface area contributed by atoms with Crippen LogP contribution in [0.5, 0.6) is 5.75 Å². The van der Waals surface area contributed by atoms with Gasteiger partial charge < -0.3 is 4.74 Å². The highest BCUT2D eigenvalue weighted by molar-refractivity contribution is 6.03. The molecule has 3 aromatic rings. The first-order valence-corrected chi connectivity index (χ1v) is 6.69. The quantitative estimate of drug-likeness (QED) is 0.775. The van der Waals surface area contributed by atoms with Crippen molar-refractivity contribution < 1.29 is 9.53 Å². The van der Waals surface area contributed by atoms with E-state index in [2.05, 4.69) is 20.5 Å². The van der Waals surface area contributed by atoms with Gasteiger partial charge in [-0.3, -0.25) is 15.2 Å². The van der Waals surface area contributed by atoms with Gasteiger partial charge in [-0.15, -0.1) is 5.10 Å². The Morgan fingerprint density at radius 2 is 1.95 bits per heavy atom. The van der Waals surface area contributed by atoms with Crippen LogP contribution in [-0.2, 0) is 0 Å². The van der Waals surface area contributed by atoms with Gasteiger partial charge in [-0.25, -0.2) is 0 Å². The molecule has 0 aliphatic heterocycles. The van der Waals surface area contributed by atoms with Crippen LogP contribution in [0.1, 0.15) is 10.4 Å². The molecule has 0 aliphatic carbocycles. The van der Waals surface area contributed by atoms with Gasteiger partial charge in [-0.1, -0.05) is 36.4 Å². The number of amides is 1. The number of aromatic amines is 1. The second kappa shape index (κ2) is 6.09. The molecule has 1 amide bonds. The first-order valence-electron chi connectivity index (χ1n) is 6.69. The van der Waals surface area contributed by atoms with E-state index in [-0.39, 0.29) is 11.9 Å². The van der Waals surface area contributed by atoms with Crippen LogP contribution in [0.4, 0.5) is 5.95 Å². The van der Waals surface area contributed by atoms with Crippen molar-refractivity contribution in [3.05, 3.63) is 60.2 Å². The van der Waals surface area contributed by atoms with E-state index in [1.165, 1.54) is 0 Å². The third-order valence-corrected chi connectivity index (χ3v) is 3.09. The molecule has 1 heterocycles. The third-order valence-electron chi connectivity index (χ3n) is 3.09. The molecule has 2 aromatic carbocycles. The zero-order valence-corrected chi connectivity index (χ0v) is 11.9. The van der Waals surface area contributed by atoms with Crippen LogP contribution in [0.25, 0.3) is 11.4 Å². The van der Waals surface area contributed by atoms with Crippen LogP contribution >= 0.6 is 0 Å². The molecule has 0 atom stereocenters. The third kappa shape index (κ3) is 2.95. The van der Waals surface area contributed by atoms with Crippen molar-refractivity contribution in [2.75, 3.05) is 12.4 Å². The molecule has 0 bridgehead atoms. The normalized spacial score (nSPS) is 10.2. The van der Waals surface area contributed by atoms with Crippen LogP contribution in [0.3, 0.4) is 0 Å². The molecular weight excluding hydrogens is 280 g/mol. The van der Waals surface area contributed by atoms with Crippen LogP contribution in [-0.4, -0.2) is 28.2 Å². The lowest BCUT2D eigenvalue weighted by Gasteiger charge is -2.03. The lowest BCUT2D eigenvalue weighted by molar-refractivity contribution is 0.102. The number of ether oxygens (including phenoxy) is 1. The molecule has 110 valence electrons. The van der Waals surface area contributed by atoms with Crippen LogP contribution in [0.2, 0.25) is 0 Å². The number of methoxy groups -OCH3 is 1. The fourth-order valence-electron chi connectivity index (χ4n) is 1.98. The summed E-state index contributed by atoms with van der Waals surface area (Å²) in [6.45, 7) is 0. The average molecular weight is 294 g/mol. The number of carbonyl (C=O) groups is 1. The van der Waals surface area contributed by atoms with Gasteiger partial charge in [-0.05, 0) is 18.2 Å². The molecule has 0 saturated carbocycles. The van der Waals surface area contributed by atoms with Gasteiger partial charge in [0.1, 0.15) is 5.75 Å². The number of H-pyrrole nitrogens is 1. The van der Waals surface area contributed by atoms with Gasteiger partial charge in [-0.2, -0.15) is 4.98 Å². The molecule has 0 spiro atoms. The second-order valence-corrected chi connectivity index (χ2v) is 4.56. The predicted octanol–water partition coefficient (Wildman–Crippen LogP) is 2.73. The van der Waals surface area contributed by atoms with Crippen molar-refractivity contribution in [1.82, 2.24) is 15.2 Å². The maximum Gasteiger partial charge on any atom is 0.258 e. The lowest BCUT2D eigenvalue weighted by Crippen LogP contribution is -2.13. The SMILES string of the molecule is COc1cccc(C(=O)Nc2n[nH]c(-c3ccccc3)n2)c1. The fraction of sp³-hybridized carbons (Fsp3) is 0.0625. The Morgan fingerprint density at radius 1 is 1.14 bits per heavy atom. The largest absolute Gasteiger partial charge is 0.497 e.